The van der Waals surface area contributed by atoms with Gasteiger partial charge in [0.25, 0.3) is 10.0 Å². The Kier molecular flexibility index (Phi) is 3.65. The summed E-state index contributed by atoms with van der Waals surface area (Å²) in [6.45, 7) is 3.26. The molecule has 0 saturated carbocycles. The highest BCUT2D eigenvalue weighted by molar-refractivity contribution is 7.93. The molecular weight excluding hydrogens is 331 g/mol. The number of nitrogens with zero attached hydrogens (tertiary/aromatic N) is 2. The van der Waals surface area contributed by atoms with Gasteiger partial charge in [-0.25, -0.2) is 12.8 Å². The molecule has 1 aliphatic rings. The quantitative estimate of drug-likeness (QED) is 0.839. The monoisotopic (exact) mass is 344 g/mol. The summed E-state index contributed by atoms with van der Waals surface area (Å²) in [5, 5.41) is 3.58. The van der Waals surface area contributed by atoms with E-state index in [0.717, 1.165) is 4.31 Å². The van der Waals surface area contributed by atoms with E-state index in [1.807, 2.05) is 0 Å². The van der Waals surface area contributed by atoms with Gasteiger partial charge in [-0.05, 0) is 38.3 Å². The predicted octanol–water partition coefficient (Wildman–Crippen LogP) is 3.23. The molecule has 0 bridgehead atoms. The average Bonchev–Trinajstić information content (AvgIpc) is 2.82. The molecule has 1 aromatic carbocycles. The lowest BCUT2D eigenvalue weighted by Gasteiger charge is -2.30. The van der Waals surface area contributed by atoms with Gasteiger partial charge < -0.3 is 4.52 Å². The number of hydrogen-bond acceptors (Lipinski definition) is 4. The van der Waals surface area contributed by atoms with Crippen LogP contribution in [0.1, 0.15) is 23.4 Å². The largest absolute Gasteiger partial charge is 0.360 e. The first-order valence-corrected chi connectivity index (χ1v) is 8.58. The van der Waals surface area contributed by atoms with Gasteiger partial charge in [-0.3, -0.25) is 4.31 Å². The van der Waals surface area contributed by atoms with Gasteiger partial charge in [0.1, 0.15) is 5.69 Å². The van der Waals surface area contributed by atoms with Crippen molar-refractivity contribution < 1.29 is 17.3 Å². The van der Waals surface area contributed by atoms with Crippen LogP contribution in [0.5, 0.6) is 0 Å². The zero-order valence-electron chi connectivity index (χ0n) is 12.1. The number of sulfonamides is 1. The standard InChI is InChI=1S/C14H14ClFN2O3S/c1-8-14(9(2)21-17-8)22(19,20)18-7-3-4-10-5-6-11(15)12(16)13(10)18/h5-6H,3-4,7H2,1-2H3. The van der Waals surface area contributed by atoms with Crippen molar-refractivity contribution in [1.29, 1.82) is 0 Å². The average molecular weight is 345 g/mol. The summed E-state index contributed by atoms with van der Waals surface area (Å²) in [6, 6.07) is 3.11. The molecule has 1 aliphatic heterocycles. The Hall–Kier alpha value is -1.60. The summed E-state index contributed by atoms with van der Waals surface area (Å²) < 4.78 is 46.3. The number of fused-ring (bicyclic) bond motifs is 1. The fourth-order valence-electron chi connectivity index (χ4n) is 2.77. The Morgan fingerprint density at radius 2 is 2.09 bits per heavy atom. The second-order valence-electron chi connectivity index (χ2n) is 5.20. The van der Waals surface area contributed by atoms with E-state index >= 15 is 0 Å². The first-order valence-electron chi connectivity index (χ1n) is 6.76. The number of aryl methyl sites for hydroxylation is 3. The summed E-state index contributed by atoms with van der Waals surface area (Å²) in [5.74, 6) is -0.527. The minimum Gasteiger partial charge on any atom is -0.360 e. The smallest absolute Gasteiger partial charge is 0.269 e. The third-order valence-corrected chi connectivity index (χ3v) is 6.06. The molecule has 0 saturated heterocycles. The Morgan fingerprint density at radius 3 is 2.73 bits per heavy atom. The first-order chi connectivity index (χ1) is 10.3. The van der Waals surface area contributed by atoms with Crippen molar-refractivity contribution in [3.05, 3.63) is 40.0 Å². The lowest BCUT2D eigenvalue weighted by Crippen LogP contribution is -2.36. The maximum atomic E-state index is 14.4. The molecule has 0 fully saturated rings. The van der Waals surface area contributed by atoms with Gasteiger partial charge in [0.05, 0.1) is 10.7 Å². The van der Waals surface area contributed by atoms with Gasteiger partial charge in [0.2, 0.25) is 0 Å². The minimum atomic E-state index is -3.95. The molecule has 0 N–H and O–H groups in total. The van der Waals surface area contributed by atoms with Crippen LogP contribution < -0.4 is 4.31 Å². The van der Waals surface area contributed by atoms with E-state index < -0.39 is 15.8 Å². The maximum absolute atomic E-state index is 14.4. The summed E-state index contributed by atoms with van der Waals surface area (Å²) >= 11 is 5.82. The van der Waals surface area contributed by atoms with E-state index in [1.165, 1.54) is 13.0 Å². The molecular formula is C14H14ClFN2O3S. The van der Waals surface area contributed by atoms with Crippen LogP contribution in [0.2, 0.25) is 5.02 Å². The van der Waals surface area contributed by atoms with Crippen molar-refractivity contribution in [1.82, 2.24) is 5.16 Å². The molecule has 0 aliphatic carbocycles. The molecule has 1 aromatic heterocycles. The Labute approximate surface area is 132 Å². The van der Waals surface area contributed by atoms with E-state index in [0.29, 0.717) is 18.4 Å². The van der Waals surface area contributed by atoms with Crippen LogP contribution in [0, 0.1) is 19.7 Å². The highest BCUT2D eigenvalue weighted by atomic mass is 35.5. The topological polar surface area (TPSA) is 63.4 Å². The van der Waals surface area contributed by atoms with E-state index in [9.17, 15) is 12.8 Å². The van der Waals surface area contributed by atoms with Crippen LogP contribution in [0.25, 0.3) is 0 Å². The lowest BCUT2D eigenvalue weighted by molar-refractivity contribution is 0.390. The number of aromatic nitrogens is 1. The first kappa shape index (κ1) is 15.3. The molecule has 118 valence electrons. The Morgan fingerprint density at radius 1 is 1.36 bits per heavy atom. The lowest BCUT2D eigenvalue weighted by atomic mass is 10.0. The fourth-order valence-corrected chi connectivity index (χ4v) is 4.76. The van der Waals surface area contributed by atoms with Gasteiger partial charge in [0.15, 0.2) is 16.5 Å². The third-order valence-electron chi connectivity index (χ3n) is 3.73. The normalized spacial score (nSPS) is 15.0. The van der Waals surface area contributed by atoms with Crippen LogP contribution in [-0.2, 0) is 16.4 Å². The number of benzene rings is 1. The number of anilines is 1. The highest BCUT2D eigenvalue weighted by Gasteiger charge is 2.36. The third kappa shape index (κ3) is 2.19. The minimum absolute atomic E-state index is 0.0141. The van der Waals surface area contributed by atoms with Gasteiger partial charge in [-0.1, -0.05) is 22.8 Å². The zero-order valence-corrected chi connectivity index (χ0v) is 13.6. The molecule has 0 amide bonds. The maximum Gasteiger partial charge on any atom is 0.269 e. The number of rotatable bonds is 2. The highest BCUT2D eigenvalue weighted by Crippen LogP contribution is 2.38. The van der Waals surface area contributed by atoms with Crippen molar-refractivity contribution in [3.8, 4) is 0 Å². The van der Waals surface area contributed by atoms with Crippen molar-refractivity contribution in [2.75, 3.05) is 10.8 Å². The van der Waals surface area contributed by atoms with Crippen LogP contribution in [0.3, 0.4) is 0 Å². The fraction of sp³-hybridized carbons (Fsp3) is 0.357. The summed E-state index contributed by atoms with van der Waals surface area (Å²) in [4.78, 5) is -0.0141. The summed E-state index contributed by atoms with van der Waals surface area (Å²) in [7, 11) is -3.95. The van der Waals surface area contributed by atoms with Crippen molar-refractivity contribution >= 4 is 27.3 Å². The summed E-state index contributed by atoms with van der Waals surface area (Å²) in [6.07, 6.45) is 1.22. The summed E-state index contributed by atoms with van der Waals surface area (Å²) in [5.41, 5.74) is 0.911. The zero-order chi connectivity index (χ0) is 16.1. The number of halogens is 2. The second-order valence-corrected chi connectivity index (χ2v) is 7.41. The Balaban J connectivity index is 2.22. The van der Waals surface area contributed by atoms with E-state index in [-0.39, 0.29) is 33.6 Å². The molecule has 0 spiro atoms. The molecule has 3 rings (SSSR count). The second kappa shape index (κ2) is 5.24. The molecule has 0 atom stereocenters. The molecule has 22 heavy (non-hydrogen) atoms. The molecule has 5 nitrogen and oxygen atoms in total. The molecule has 0 unspecified atom stereocenters. The van der Waals surface area contributed by atoms with Crippen LogP contribution in [-0.4, -0.2) is 20.1 Å². The van der Waals surface area contributed by atoms with Crippen LogP contribution in [0.15, 0.2) is 21.6 Å². The van der Waals surface area contributed by atoms with Gasteiger partial charge in [0, 0.05) is 6.54 Å². The van der Waals surface area contributed by atoms with E-state index in [1.54, 1.807) is 13.0 Å². The molecule has 2 aromatic rings. The van der Waals surface area contributed by atoms with Crippen molar-refractivity contribution in [2.24, 2.45) is 0 Å². The van der Waals surface area contributed by atoms with Crippen molar-refractivity contribution in [3.63, 3.8) is 0 Å². The van der Waals surface area contributed by atoms with Gasteiger partial charge in [-0.2, -0.15) is 0 Å². The van der Waals surface area contributed by atoms with E-state index in [4.69, 9.17) is 16.1 Å². The van der Waals surface area contributed by atoms with E-state index in [2.05, 4.69) is 5.16 Å². The van der Waals surface area contributed by atoms with Crippen LogP contribution >= 0.6 is 11.6 Å². The molecule has 8 heteroatoms. The van der Waals surface area contributed by atoms with Crippen LogP contribution in [0.4, 0.5) is 10.1 Å². The van der Waals surface area contributed by atoms with Crippen molar-refractivity contribution in [2.45, 2.75) is 31.6 Å². The SMILES string of the molecule is Cc1noc(C)c1S(=O)(=O)N1CCCc2ccc(Cl)c(F)c21. The van der Waals surface area contributed by atoms with Gasteiger partial charge >= 0.3 is 0 Å². The van der Waals surface area contributed by atoms with Gasteiger partial charge in [-0.15, -0.1) is 0 Å². The molecule has 2 heterocycles. The molecule has 0 radical (unpaired) electrons. The number of hydrogen-bond donors (Lipinski definition) is 0. The predicted molar refractivity (Wildman–Crippen MR) is 80.2 cm³/mol. The Bertz CT molecular complexity index is 829.